The first-order chi connectivity index (χ1) is 13.8. The van der Waals surface area contributed by atoms with Gasteiger partial charge in [0.2, 0.25) is 0 Å². The second kappa shape index (κ2) is 9.30. The van der Waals surface area contributed by atoms with Gasteiger partial charge in [-0.1, -0.05) is 42.8 Å². The van der Waals surface area contributed by atoms with E-state index in [4.69, 9.17) is 23.2 Å². The smallest absolute Gasteiger partial charge is 0.178 e. The van der Waals surface area contributed by atoms with Gasteiger partial charge in [0.25, 0.3) is 0 Å². The molecule has 2 unspecified atom stereocenters. The highest BCUT2D eigenvalue weighted by Gasteiger charge is 2.17. The molecule has 0 fully saturated rings. The first-order valence-corrected chi connectivity index (χ1v) is 11.7. The second-order valence-electron chi connectivity index (χ2n) is 6.73. The standard InChI is InChI=1S/C21H22Cl2N2O3S/c1-2-29(27,28)16-9-6-14(7-10-16)12-21(26)25-20-5-3-4-19(24-20)17-13-15(22)8-11-18(17)23/h3-11,15,21,26H,2,12-13H2,1H3,(H,24,25). The van der Waals surface area contributed by atoms with Crippen molar-refractivity contribution in [3.05, 3.63) is 70.9 Å². The van der Waals surface area contributed by atoms with Crippen molar-refractivity contribution in [2.24, 2.45) is 0 Å². The summed E-state index contributed by atoms with van der Waals surface area (Å²) in [6, 6.07) is 12.0. The highest BCUT2D eigenvalue weighted by atomic mass is 35.5. The number of hydrogen-bond acceptors (Lipinski definition) is 5. The average molecular weight is 453 g/mol. The summed E-state index contributed by atoms with van der Waals surface area (Å²) >= 11 is 12.5. The zero-order chi connectivity index (χ0) is 21.0. The van der Waals surface area contributed by atoms with Gasteiger partial charge in [-0.2, -0.15) is 0 Å². The molecule has 2 aromatic rings. The van der Waals surface area contributed by atoms with Gasteiger partial charge in [-0.3, -0.25) is 0 Å². The Morgan fingerprint density at radius 1 is 1.24 bits per heavy atom. The summed E-state index contributed by atoms with van der Waals surface area (Å²) in [5.74, 6) is 0.567. The summed E-state index contributed by atoms with van der Waals surface area (Å²) in [6.07, 6.45) is 3.62. The lowest BCUT2D eigenvalue weighted by Crippen LogP contribution is -2.22. The molecule has 0 spiro atoms. The fourth-order valence-electron chi connectivity index (χ4n) is 3.00. The summed E-state index contributed by atoms with van der Waals surface area (Å²) in [4.78, 5) is 4.82. The Labute approximate surface area is 181 Å². The van der Waals surface area contributed by atoms with Crippen molar-refractivity contribution in [1.29, 1.82) is 0 Å². The van der Waals surface area contributed by atoms with E-state index in [1.165, 1.54) is 0 Å². The van der Waals surface area contributed by atoms with Crippen molar-refractivity contribution in [3.63, 3.8) is 0 Å². The first-order valence-electron chi connectivity index (χ1n) is 9.23. The Kier molecular flexibility index (Phi) is 7.01. The molecule has 1 aromatic heterocycles. The molecule has 2 atom stereocenters. The topological polar surface area (TPSA) is 79.3 Å². The van der Waals surface area contributed by atoms with Crippen molar-refractivity contribution in [2.45, 2.75) is 36.3 Å². The van der Waals surface area contributed by atoms with Crippen LogP contribution >= 0.6 is 23.2 Å². The Morgan fingerprint density at radius 3 is 2.66 bits per heavy atom. The highest BCUT2D eigenvalue weighted by Crippen LogP contribution is 2.32. The molecule has 0 bridgehead atoms. The number of aliphatic hydroxyl groups excluding tert-OH is 1. The summed E-state index contributed by atoms with van der Waals surface area (Å²) < 4.78 is 23.8. The number of hydrogen-bond donors (Lipinski definition) is 2. The molecule has 5 nitrogen and oxygen atoms in total. The number of nitrogens with zero attached hydrogens (tertiary/aromatic N) is 1. The number of alkyl halides is 1. The van der Waals surface area contributed by atoms with Crippen molar-refractivity contribution in [2.75, 3.05) is 11.1 Å². The van der Waals surface area contributed by atoms with E-state index in [9.17, 15) is 13.5 Å². The minimum absolute atomic E-state index is 0.0548. The monoisotopic (exact) mass is 452 g/mol. The van der Waals surface area contributed by atoms with Crippen molar-refractivity contribution < 1.29 is 13.5 Å². The summed E-state index contributed by atoms with van der Waals surface area (Å²) in [7, 11) is -3.23. The number of sulfone groups is 1. The lowest BCUT2D eigenvalue weighted by atomic mass is 10.0. The third-order valence-corrected chi connectivity index (χ3v) is 7.01. The molecule has 1 aliphatic rings. The van der Waals surface area contributed by atoms with E-state index in [1.807, 2.05) is 18.2 Å². The zero-order valence-electron chi connectivity index (χ0n) is 15.8. The SMILES string of the molecule is CCS(=O)(=O)c1ccc(CC(O)Nc2cccc(C3=C(Cl)C=CC(Cl)C3)n2)cc1. The molecule has 0 saturated carbocycles. The lowest BCUT2D eigenvalue weighted by Gasteiger charge is -2.17. The maximum Gasteiger partial charge on any atom is 0.178 e. The van der Waals surface area contributed by atoms with Crippen LogP contribution in [0.5, 0.6) is 0 Å². The van der Waals surface area contributed by atoms with Gasteiger partial charge >= 0.3 is 0 Å². The predicted octanol–water partition coefficient (Wildman–Crippen LogP) is 4.37. The molecule has 29 heavy (non-hydrogen) atoms. The number of allylic oxidation sites excluding steroid dienone is 4. The number of anilines is 1. The van der Waals surface area contributed by atoms with Crippen LogP contribution in [0, 0.1) is 0 Å². The molecule has 0 saturated heterocycles. The van der Waals surface area contributed by atoms with Gasteiger partial charge in [-0.05, 0) is 47.9 Å². The Bertz CT molecular complexity index is 1030. The van der Waals surface area contributed by atoms with Crippen LogP contribution in [-0.4, -0.2) is 35.9 Å². The van der Waals surface area contributed by atoms with Crippen LogP contribution in [0.2, 0.25) is 0 Å². The summed E-state index contributed by atoms with van der Waals surface area (Å²) in [5, 5.41) is 13.8. The maximum absolute atomic E-state index is 11.9. The van der Waals surface area contributed by atoms with Gasteiger partial charge in [0.05, 0.1) is 21.7 Å². The fourth-order valence-corrected chi connectivity index (χ4v) is 4.36. The Hall–Kier alpha value is -1.86. The average Bonchev–Trinajstić information content (AvgIpc) is 2.70. The first kappa shape index (κ1) is 21.8. The second-order valence-corrected chi connectivity index (χ2v) is 9.97. The van der Waals surface area contributed by atoms with Gasteiger partial charge in [0.1, 0.15) is 12.0 Å². The summed E-state index contributed by atoms with van der Waals surface area (Å²) in [6.45, 7) is 1.61. The molecule has 0 aliphatic heterocycles. The van der Waals surface area contributed by atoms with Crippen LogP contribution in [0.4, 0.5) is 5.82 Å². The predicted molar refractivity (Wildman–Crippen MR) is 118 cm³/mol. The Morgan fingerprint density at radius 2 is 1.97 bits per heavy atom. The molecule has 0 radical (unpaired) electrons. The number of pyridine rings is 1. The van der Waals surface area contributed by atoms with Gasteiger partial charge < -0.3 is 10.4 Å². The normalized spacial score (nSPS) is 18.0. The molecular weight excluding hydrogens is 431 g/mol. The van der Waals surface area contributed by atoms with Crippen molar-refractivity contribution in [1.82, 2.24) is 4.98 Å². The maximum atomic E-state index is 11.9. The number of aromatic nitrogens is 1. The fraction of sp³-hybridized carbons (Fsp3) is 0.286. The van der Waals surface area contributed by atoms with Gasteiger partial charge in [-0.25, -0.2) is 13.4 Å². The molecule has 2 N–H and O–H groups in total. The molecule has 8 heteroatoms. The lowest BCUT2D eigenvalue weighted by molar-refractivity contribution is 0.203. The van der Waals surface area contributed by atoms with Gasteiger partial charge in [0.15, 0.2) is 9.84 Å². The molecule has 1 aliphatic carbocycles. The van der Waals surface area contributed by atoms with Crippen molar-refractivity contribution in [3.8, 4) is 0 Å². The zero-order valence-corrected chi connectivity index (χ0v) is 18.2. The minimum Gasteiger partial charge on any atom is -0.373 e. The largest absolute Gasteiger partial charge is 0.373 e. The van der Waals surface area contributed by atoms with E-state index < -0.39 is 16.1 Å². The van der Waals surface area contributed by atoms with Crippen LogP contribution in [0.1, 0.15) is 24.6 Å². The van der Waals surface area contributed by atoms with Gasteiger partial charge in [-0.15, -0.1) is 11.6 Å². The van der Waals surface area contributed by atoms with E-state index in [0.29, 0.717) is 29.4 Å². The number of rotatable bonds is 7. The number of halogens is 2. The third-order valence-electron chi connectivity index (χ3n) is 4.60. The highest BCUT2D eigenvalue weighted by molar-refractivity contribution is 7.91. The molecule has 0 amide bonds. The van der Waals surface area contributed by atoms with E-state index >= 15 is 0 Å². The minimum atomic E-state index is -3.23. The van der Waals surface area contributed by atoms with E-state index in [-0.39, 0.29) is 16.0 Å². The number of aliphatic hydroxyl groups is 1. The Balaban J connectivity index is 1.68. The van der Waals surface area contributed by atoms with E-state index in [1.54, 1.807) is 43.3 Å². The quantitative estimate of drug-likeness (QED) is 0.481. The van der Waals surface area contributed by atoms with Crippen molar-refractivity contribution >= 4 is 44.4 Å². The van der Waals surface area contributed by atoms with Crippen LogP contribution in [0.3, 0.4) is 0 Å². The van der Waals surface area contributed by atoms with Crippen LogP contribution < -0.4 is 5.32 Å². The number of benzene rings is 1. The molecule has 1 aromatic carbocycles. The van der Waals surface area contributed by atoms with Crippen LogP contribution in [0.25, 0.3) is 5.57 Å². The molecule has 154 valence electrons. The van der Waals surface area contributed by atoms with Crippen LogP contribution in [-0.2, 0) is 16.3 Å². The van der Waals surface area contributed by atoms with E-state index in [2.05, 4.69) is 10.3 Å². The van der Waals surface area contributed by atoms with Gasteiger partial charge in [0, 0.05) is 11.5 Å². The third kappa shape index (κ3) is 5.60. The van der Waals surface area contributed by atoms with Crippen LogP contribution in [0.15, 0.2) is 64.5 Å². The molecule has 1 heterocycles. The number of nitrogens with one attached hydrogen (secondary N) is 1. The molecular formula is C21H22Cl2N2O3S. The molecule has 3 rings (SSSR count). The summed E-state index contributed by atoms with van der Waals surface area (Å²) in [5.41, 5.74) is 2.38. The van der Waals surface area contributed by atoms with E-state index in [0.717, 1.165) is 11.1 Å².